The van der Waals surface area contributed by atoms with E-state index in [0.717, 1.165) is 25.9 Å². The molecule has 0 radical (unpaired) electrons. The van der Waals surface area contributed by atoms with Crippen molar-refractivity contribution in [1.29, 1.82) is 0 Å². The van der Waals surface area contributed by atoms with Gasteiger partial charge in [0.25, 0.3) is 5.91 Å². The third-order valence-corrected chi connectivity index (χ3v) is 6.12. The molecule has 8 heteroatoms. The van der Waals surface area contributed by atoms with Crippen molar-refractivity contribution in [1.82, 2.24) is 14.7 Å². The molecular weight excluding hydrogens is 362 g/mol. The lowest BCUT2D eigenvalue weighted by Gasteiger charge is -2.40. The number of rotatable bonds is 4. The Morgan fingerprint density at radius 1 is 1.00 bits per heavy atom. The lowest BCUT2D eigenvalue weighted by atomic mass is 9.95. The summed E-state index contributed by atoms with van der Waals surface area (Å²) in [4.78, 5) is 31.2. The van der Waals surface area contributed by atoms with E-state index in [1.807, 2.05) is 11.8 Å². The molecule has 1 atom stereocenters. The highest BCUT2D eigenvalue weighted by atomic mass is 16.7. The van der Waals surface area contributed by atoms with Crippen molar-refractivity contribution >= 4 is 11.8 Å². The fourth-order valence-corrected chi connectivity index (χ4v) is 4.33. The molecule has 1 unspecified atom stereocenters. The number of hydrogen-bond donors (Lipinski definition) is 0. The summed E-state index contributed by atoms with van der Waals surface area (Å²) >= 11 is 0. The molecule has 3 fully saturated rings. The highest BCUT2D eigenvalue weighted by molar-refractivity contribution is 5.91. The zero-order valence-corrected chi connectivity index (χ0v) is 16.4. The van der Waals surface area contributed by atoms with Gasteiger partial charge in [0.15, 0.2) is 12.1 Å². The largest absolute Gasteiger partial charge is 0.459 e. The fraction of sp³-hybridized carbons (Fsp3) is 0.700. The summed E-state index contributed by atoms with van der Waals surface area (Å²) in [7, 11) is 0. The van der Waals surface area contributed by atoms with Crippen molar-refractivity contribution in [2.24, 2.45) is 5.92 Å². The van der Waals surface area contributed by atoms with Gasteiger partial charge < -0.3 is 23.7 Å². The van der Waals surface area contributed by atoms with Gasteiger partial charge in [0.2, 0.25) is 5.91 Å². The molecule has 1 aromatic rings. The van der Waals surface area contributed by atoms with E-state index in [9.17, 15) is 9.59 Å². The van der Waals surface area contributed by atoms with Gasteiger partial charge >= 0.3 is 0 Å². The summed E-state index contributed by atoms with van der Waals surface area (Å²) in [5, 5.41) is 0. The van der Waals surface area contributed by atoms with Gasteiger partial charge in [-0.1, -0.05) is 0 Å². The van der Waals surface area contributed by atoms with Crippen LogP contribution in [0.1, 0.15) is 30.3 Å². The fourth-order valence-electron chi connectivity index (χ4n) is 4.33. The number of carbonyl (C=O) groups is 2. The Balaban J connectivity index is 1.24. The summed E-state index contributed by atoms with van der Waals surface area (Å²) in [6.07, 6.45) is 3.43. The summed E-state index contributed by atoms with van der Waals surface area (Å²) in [5.74, 6) is 0.823. The average Bonchev–Trinajstić information content (AvgIpc) is 3.47. The lowest BCUT2D eigenvalue weighted by molar-refractivity contribution is -0.140. The molecular formula is C20H29N3O5. The molecule has 0 aromatic carbocycles. The standard InChI is InChI=1S/C20H29N3O5/c1-15(21-6-4-16(5-7-21)20-27-13-14-28-20)18(24)22-8-10-23(11-9-22)19(25)17-3-2-12-26-17/h2-3,12,15-16,20H,4-11,13-14H2,1H3. The topological polar surface area (TPSA) is 75.5 Å². The van der Waals surface area contributed by atoms with Crippen LogP contribution < -0.4 is 0 Å². The van der Waals surface area contributed by atoms with Gasteiger partial charge in [-0.25, -0.2) is 0 Å². The van der Waals surface area contributed by atoms with Crippen molar-refractivity contribution < 1.29 is 23.5 Å². The highest BCUT2D eigenvalue weighted by Gasteiger charge is 2.35. The molecule has 28 heavy (non-hydrogen) atoms. The van der Waals surface area contributed by atoms with Gasteiger partial charge in [-0.3, -0.25) is 14.5 Å². The first kappa shape index (κ1) is 19.4. The van der Waals surface area contributed by atoms with Crippen molar-refractivity contribution in [3.8, 4) is 0 Å². The Hall–Kier alpha value is -1.90. The number of nitrogens with zero attached hydrogens (tertiary/aromatic N) is 3. The van der Waals surface area contributed by atoms with Gasteiger partial charge in [0.05, 0.1) is 25.5 Å². The second-order valence-corrected chi connectivity index (χ2v) is 7.75. The molecule has 3 aliphatic heterocycles. The van der Waals surface area contributed by atoms with Crippen molar-refractivity contribution in [2.75, 3.05) is 52.5 Å². The maximum absolute atomic E-state index is 13.0. The molecule has 154 valence electrons. The third-order valence-electron chi connectivity index (χ3n) is 6.12. The molecule has 3 aliphatic rings. The van der Waals surface area contributed by atoms with E-state index in [1.54, 1.807) is 17.0 Å². The van der Waals surface area contributed by atoms with E-state index in [4.69, 9.17) is 13.9 Å². The number of carbonyl (C=O) groups excluding carboxylic acids is 2. The van der Waals surface area contributed by atoms with Crippen LogP contribution in [0, 0.1) is 5.92 Å². The molecule has 4 heterocycles. The summed E-state index contributed by atoms with van der Waals surface area (Å²) in [6, 6.07) is 3.24. The predicted molar refractivity (Wildman–Crippen MR) is 101 cm³/mol. The van der Waals surface area contributed by atoms with Gasteiger partial charge in [0, 0.05) is 32.1 Å². The summed E-state index contributed by atoms with van der Waals surface area (Å²) in [5.41, 5.74) is 0. The van der Waals surface area contributed by atoms with Crippen LogP contribution in [0.15, 0.2) is 22.8 Å². The minimum Gasteiger partial charge on any atom is -0.459 e. The molecule has 0 saturated carbocycles. The zero-order chi connectivity index (χ0) is 19.5. The maximum Gasteiger partial charge on any atom is 0.289 e. The third kappa shape index (κ3) is 4.09. The van der Waals surface area contributed by atoms with Crippen LogP contribution in [0.2, 0.25) is 0 Å². The first-order chi connectivity index (χ1) is 13.6. The number of amides is 2. The zero-order valence-electron chi connectivity index (χ0n) is 16.4. The molecule has 0 bridgehead atoms. The van der Waals surface area contributed by atoms with Crippen molar-refractivity contribution in [3.63, 3.8) is 0 Å². The van der Waals surface area contributed by atoms with Crippen LogP contribution in [0.4, 0.5) is 0 Å². The van der Waals surface area contributed by atoms with E-state index in [0.29, 0.717) is 51.1 Å². The molecule has 0 N–H and O–H groups in total. The minimum atomic E-state index is -0.140. The summed E-state index contributed by atoms with van der Waals surface area (Å²) in [6.45, 7) is 7.35. The molecule has 2 amide bonds. The van der Waals surface area contributed by atoms with Crippen LogP contribution in [0.3, 0.4) is 0 Å². The molecule has 3 saturated heterocycles. The van der Waals surface area contributed by atoms with E-state index in [-0.39, 0.29) is 24.1 Å². The Morgan fingerprint density at radius 3 is 2.25 bits per heavy atom. The molecule has 1 aromatic heterocycles. The second-order valence-electron chi connectivity index (χ2n) is 7.75. The number of furan rings is 1. The quantitative estimate of drug-likeness (QED) is 0.763. The van der Waals surface area contributed by atoms with Crippen LogP contribution in [-0.2, 0) is 14.3 Å². The predicted octanol–water partition coefficient (Wildman–Crippen LogP) is 1.04. The van der Waals surface area contributed by atoms with Crippen molar-refractivity contribution in [2.45, 2.75) is 32.1 Å². The molecule has 8 nitrogen and oxygen atoms in total. The Morgan fingerprint density at radius 2 is 1.64 bits per heavy atom. The number of likely N-dealkylation sites (tertiary alicyclic amines) is 1. The second kappa shape index (κ2) is 8.63. The van der Waals surface area contributed by atoms with Gasteiger partial charge in [-0.15, -0.1) is 0 Å². The number of piperidine rings is 1. The minimum absolute atomic E-state index is 0.0621. The van der Waals surface area contributed by atoms with E-state index in [2.05, 4.69) is 4.90 Å². The van der Waals surface area contributed by atoms with Crippen molar-refractivity contribution in [3.05, 3.63) is 24.2 Å². The van der Waals surface area contributed by atoms with E-state index in [1.165, 1.54) is 6.26 Å². The smallest absolute Gasteiger partial charge is 0.289 e. The van der Waals surface area contributed by atoms with Gasteiger partial charge in [0.1, 0.15) is 0 Å². The SMILES string of the molecule is CC(C(=O)N1CCN(C(=O)c2ccco2)CC1)N1CCC(C2OCCO2)CC1. The number of hydrogen-bond acceptors (Lipinski definition) is 6. The maximum atomic E-state index is 13.0. The monoisotopic (exact) mass is 391 g/mol. The Kier molecular flexibility index (Phi) is 5.99. The number of piperazine rings is 1. The first-order valence-corrected chi connectivity index (χ1v) is 10.2. The Bertz CT molecular complexity index is 657. The highest BCUT2D eigenvalue weighted by Crippen LogP contribution is 2.27. The van der Waals surface area contributed by atoms with Gasteiger partial charge in [-0.05, 0) is 45.0 Å². The summed E-state index contributed by atoms with van der Waals surface area (Å²) < 4.78 is 16.5. The van der Waals surface area contributed by atoms with Gasteiger partial charge in [-0.2, -0.15) is 0 Å². The molecule has 0 spiro atoms. The average molecular weight is 391 g/mol. The molecule has 0 aliphatic carbocycles. The number of ether oxygens (including phenoxy) is 2. The first-order valence-electron chi connectivity index (χ1n) is 10.2. The van der Waals surface area contributed by atoms with Crippen LogP contribution in [0.5, 0.6) is 0 Å². The normalized spacial score (nSPS) is 23.9. The van der Waals surface area contributed by atoms with Crippen LogP contribution in [-0.4, -0.2) is 91.3 Å². The van der Waals surface area contributed by atoms with E-state index >= 15 is 0 Å². The van der Waals surface area contributed by atoms with Crippen LogP contribution in [0.25, 0.3) is 0 Å². The lowest BCUT2D eigenvalue weighted by Crippen LogP contribution is -2.56. The Labute approximate surface area is 165 Å². The molecule has 4 rings (SSSR count). The van der Waals surface area contributed by atoms with Crippen LogP contribution >= 0.6 is 0 Å². The van der Waals surface area contributed by atoms with E-state index < -0.39 is 0 Å².